The Bertz CT molecular complexity index is 566. The molecular weight excluding hydrogens is 283 g/mol. The molecule has 0 radical (unpaired) electrons. The molecule has 0 bridgehead atoms. The van der Waals surface area contributed by atoms with E-state index in [1.54, 1.807) is 23.1 Å². The van der Waals surface area contributed by atoms with Gasteiger partial charge in [-0.05, 0) is 24.1 Å². The number of hydrogen-bond donors (Lipinski definition) is 1. The Morgan fingerprint density at radius 2 is 2.21 bits per heavy atom. The molecule has 1 aromatic carbocycles. The molecule has 1 aromatic heterocycles. The van der Waals surface area contributed by atoms with Gasteiger partial charge in [-0.2, -0.15) is 5.10 Å². The van der Waals surface area contributed by atoms with Crippen LogP contribution in [0.3, 0.4) is 0 Å². The van der Waals surface area contributed by atoms with Crippen LogP contribution < -0.4 is 0 Å². The van der Waals surface area contributed by atoms with Crippen LogP contribution in [0, 0.1) is 5.41 Å². The molecule has 0 aliphatic carbocycles. The Hall–Kier alpha value is -1.39. The summed E-state index contributed by atoms with van der Waals surface area (Å²) >= 11 is 12.2. The maximum absolute atomic E-state index is 8.13. The number of nitrogens with one attached hydrogen (secondary N) is 1. The van der Waals surface area contributed by atoms with Crippen molar-refractivity contribution in [1.29, 1.82) is 5.41 Å². The second-order valence-electron chi connectivity index (χ2n) is 4.21. The smallest absolute Gasteiger partial charge is 0.137 e. The van der Waals surface area contributed by atoms with Crippen molar-refractivity contribution in [1.82, 2.24) is 14.8 Å². The minimum absolute atomic E-state index is 0.114. The van der Waals surface area contributed by atoms with Crippen LogP contribution in [-0.2, 0) is 6.54 Å². The first-order chi connectivity index (χ1) is 9.11. The van der Waals surface area contributed by atoms with E-state index in [1.165, 1.54) is 6.33 Å². The summed E-state index contributed by atoms with van der Waals surface area (Å²) in [5.74, 6) is -0.114. The zero-order chi connectivity index (χ0) is 13.8. The van der Waals surface area contributed by atoms with E-state index in [0.29, 0.717) is 28.7 Å². The van der Waals surface area contributed by atoms with Crippen molar-refractivity contribution in [3.8, 4) is 0 Å². The highest BCUT2D eigenvalue weighted by Gasteiger charge is 2.20. The van der Waals surface area contributed by atoms with Crippen molar-refractivity contribution < 1.29 is 0 Å². The van der Waals surface area contributed by atoms with E-state index in [1.807, 2.05) is 13.0 Å². The van der Waals surface area contributed by atoms with Gasteiger partial charge in [-0.3, -0.25) is 4.68 Å². The molecule has 1 unspecified atom stereocenters. The van der Waals surface area contributed by atoms with Gasteiger partial charge in [0.2, 0.25) is 0 Å². The Morgan fingerprint density at radius 3 is 2.79 bits per heavy atom. The summed E-state index contributed by atoms with van der Waals surface area (Å²) in [6, 6.07) is 5.37. The number of benzene rings is 1. The zero-order valence-electron chi connectivity index (χ0n) is 10.5. The van der Waals surface area contributed by atoms with Crippen LogP contribution in [0.25, 0.3) is 0 Å². The fourth-order valence-corrected chi connectivity index (χ4v) is 2.48. The summed E-state index contributed by atoms with van der Waals surface area (Å²) in [5.41, 5.74) is 1.51. The van der Waals surface area contributed by atoms with Crippen LogP contribution in [0.15, 0.2) is 30.9 Å². The summed E-state index contributed by atoms with van der Waals surface area (Å²) in [4.78, 5) is 3.92. The summed E-state index contributed by atoms with van der Waals surface area (Å²) < 4.78 is 1.71. The molecule has 2 rings (SSSR count). The molecule has 6 heteroatoms. The fourth-order valence-electron chi connectivity index (χ4n) is 1.94. The van der Waals surface area contributed by atoms with Gasteiger partial charge < -0.3 is 5.41 Å². The second-order valence-corrected chi connectivity index (χ2v) is 5.06. The monoisotopic (exact) mass is 296 g/mol. The number of aromatic nitrogens is 3. The molecule has 0 spiro atoms. The van der Waals surface area contributed by atoms with Crippen LogP contribution in [0.5, 0.6) is 0 Å². The lowest BCUT2D eigenvalue weighted by atomic mass is 9.92. The number of rotatable bonds is 5. The van der Waals surface area contributed by atoms with Gasteiger partial charge in [0, 0.05) is 21.7 Å². The fraction of sp³-hybridized carbons (Fsp3) is 0.308. The number of nitrogens with zero attached hydrogens (tertiary/aromatic N) is 3. The van der Waals surface area contributed by atoms with Gasteiger partial charge in [-0.15, -0.1) is 0 Å². The second kappa shape index (κ2) is 6.17. The van der Waals surface area contributed by atoms with E-state index in [2.05, 4.69) is 10.1 Å². The Kier molecular flexibility index (Phi) is 4.56. The standard InChI is InChI=1S/C13H14Cl2N4/c1-2-13(16)11(6-19-8-17-7-18-19)10-4-3-9(14)5-12(10)15/h3-5,7-8,11,16H,2,6H2,1H3. The van der Waals surface area contributed by atoms with Crippen molar-refractivity contribution in [3.05, 3.63) is 46.5 Å². The first-order valence-electron chi connectivity index (χ1n) is 5.96. The third-order valence-corrected chi connectivity index (χ3v) is 3.54. The lowest BCUT2D eigenvalue weighted by molar-refractivity contribution is 0.582. The first kappa shape index (κ1) is 14.0. The topological polar surface area (TPSA) is 54.6 Å². The molecule has 1 heterocycles. The highest BCUT2D eigenvalue weighted by molar-refractivity contribution is 6.35. The van der Waals surface area contributed by atoms with Gasteiger partial charge in [0.15, 0.2) is 0 Å². The normalized spacial score (nSPS) is 12.4. The van der Waals surface area contributed by atoms with Gasteiger partial charge in [0.1, 0.15) is 12.7 Å². The Labute approximate surface area is 121 Å². The summed E-state index contributed by atoms with van der Waals surface area (Å²) in [6.45, 7) is 2.51. The third-order valence-electron chi connectivity index (χ3n) is 2.98. The molecule has 0 saturated carbocycles. The van der Waals surface area contributed by atoms with E-state index in [4.69, 9.17) is 28.6 Å². The average Bonchev–Trinajstić information content (AvgIpc) is 2.89. The van der Waals surface area contributed by atoms with Gasteiger partial charge >= 0.3 is 0 Å². The van der Waals surface area contributed by atoms with Crippen LogP contribution in [0.4, 0.5) is 0 Å². The van der Waals surface area contributed by atoms with Gasteiger partial charge in [-0.1, -0.05) is 36.2 Å². The minimum Gasteiger partial charge on any atom is -0.309 e. The molecule has 0 aliphatic rings. The predicted molar refractivity (Wildman–Crippen MR) is 77.2 cm³/mol. The molecule has 2 aromatic rings. The summed E-state index contributed by atoms with van der Waals surface area (Å²) in [6.07, 6.45) is 3.79. The van der Waals surface area contributed by atoms with Crippen LogP contribution in [0.2, 0.25) is 10.0 Å². The molecule has 1 N–H and O–H groups in total. The van der Waals surface area contributed by atoms with E-state index < -0.39 is 0 Å². The average molecular weight is 297 g/mol. The third kappa shape index (κ3) is 3.33. The lowest BCUT2D eigenvalue weighted by Gasteiger charge is -2.19. The van der Waals surface area contributed by atoms with Gasteiger partial charge in [0.05, 0.1) is 6.54 Å². The minimum atomic E-state index is -0.114. The maximum Gasteiger partial charge on any atom is 0.137 e. The molecule has 0 saturated heterocycles. The lowest BCUT2D eigenvalue weighted by Crippen LogP contribution is -2.18. The molecule has 19 heavy (non-hydrogen) atoms. The van der Waals surface area contributed by atoms with Crippen molar-refractivity contribution in [2.45, 2.75) is 25.8 Å². The molecule has 1 atom stereocenters. The highest BCUT2D eigenvalue weighted by Crippen LogP contribution is 2.30. The quantitative estimate of drug-likeness (QED) is 0.853. The highest BCUT2D eigenvalue weighted by atomic mass is 35.5. The molecule has 100 valence electrons. The predicted octanol–water partition coefficient (Wildman–Crippen LogP) is 3.80. The largest absolute Gasteiger partial charge is 0.309 e. The SMILES string of the molecule is CCC(=N)C(Cn1cncn1)c1ccc(Cl)cc1Cl. The van der Waals surface area contributed by atoms with Crippen molar-refractivity contribution in [2.75, 3.05) is 0 Å². The number of halogens is 2. The maximum atomic E-state index is 8.13. The molecule has 0 aliphatic heterocycles. The van der Waals surface area contributed by atoms with Crippen LogP contribution in [0.1, 0.15) is 24.8 Å². The molecule has 0 fully saturated rings. The Balaban J connectivity index is 2.34. The summed E-state index contributed by atoms with van der Waals surface area (Å²) in [5, 5.41) is 13.4. The first-order valence-corrected chi connectivity index (χ1v) is 6.72. The van der Waals surface area contributed by atoms with Crippen molar-refractivity contribution in [2.24, 2.45) is 0 Å². The van der Waals surface area contributed by atoms with Gasteiger partial charge in [0.25, 0.3) is 0 Å². The summed E-state index contributed by atoms with van der Waals surface area (Å²) in [7, 11) is 0. The van der Waals surface area contributed by atoms with Gasteiger partial charge in [-0.25, -0.2) is 4.98 Å². The van der Waals surface area contributed by atoms with Crippen molar-refractivity contribution in [3.63, 3.8) is 0 Å². The zero-order valence-corrected chi connectivity index (χ0v) is 12.0. The molecule has 4 nitrogen and oxygen atoms in total. The molecular formula is C13H14Cl2N4. The van der Waals surface area contributed by atoms with Crippen LogP contribution in [-0.4, -0.2) is 20.5 Å². The Morgan fingerprint density at radius 1 is 1.42 bits per heavy atom. The molecule has 0 amide bonds. The number of hydrogen-bond acceptors (Lipinski definition) is 3. The van der Waals surface area contributed by atoms with Crippen LogP contribution >= 0.6 is 23.2 Å². The van der Waals surface area contributed by atoms with E-state index in [-0.39, 0.29) is 5.92 Å². The van der Waals surface area contributed by atoms with E-state index in [0.717, 1.165) is 5.56 Å². The van der Waals surface area contributed by atoms with Crippen molar-refractivity contribution >= 4 is 28.9 Å². The van der Waals surface area contributed by atoms with E-state index in [9.17, 15) is 0 Å². The van der Waals surface area contributed by atoms with E-state index >= 15 is 0 Å².